The van der Waals surface area contributed by atoms with Crippen molar-refractivity contribution < 1.29 is 14.7 Å². The van der Waals surface area contributed by atoms with E-state index in [4.69, 9.17) is 0 Å². The minimum atomic E-state index is -0.962. The van der Waals surface area contributed by atoms with Crippen LogP contribution in [0.1, 0.15) is 69.5 Å². The van der Waals surface area contributed by atoms with Gasteiger partial charge in [0.25, 0.3) is 5.91 Å². The summed E-state index contributed by atoms with van der Waals surface area (Å²) in [5.74, 6) is -1.05. The minimum absolute atomic E-state index is 0.0840. The van der Waals surface area contributed by atoms with Crippen molar-refractivity contribution in [1.29, 1.82) is 0 Å². The molecule has 1 N–H and O–H groups in total. The fourth-order valence-electron chi connectivity index (χ4n) is 4.71. The lowest BCUT2D eigenvalue weighted by Gasteiger charge is -2.30. The van der Waals surface area contributed by atoms with Gasteiger partial charge in [0, 0.05) is 43.3 Å². The fraction of sp³-hybridized carbons (Fsp3) is 0.345. The van der Waals surface area contributed by atoms with Crippen molar-refractivity contribution >= 4 is 17.6 Å². The molecule has 0 radical (unpaired) electrons. The van der Waals surface area contributed by atoms with Crippen LogP contribution in [0, 0.1) is 6.92 Å². The second-order valence-electron chi connectivity index (χ2n) is 9.25. The molecular formula is C29H33N3O3. The Morgan fingerprint density at radius 2 is 1.60 bits per heavy atom. The third-order valence-electron chi connectivity index (χ3n) is 6.69. The predicted octanol–water partition coefficient (Wildman–Crippen LogP) is 5.70. The monoisotopic (exact) mass is 471 g/mol. The number of nitrogens with zero attached hydrogens (tertiary/aromatic N) is 3. The largest absolute Gasteiger partial charge is 0.478 e. The van der Waals surface area contributed by atoms with Crippen LogP contribution in [0.3, 0.4) is 0 Å². The molecule has 0 saturated carbocycles. The lowest BCUT2D eigenvalue weighted by atomic mass is 10.0. The molecule has 4 rings (SSSR count). The highest BCUT2D eigenvalue weighted by molar-refractivity contribution is 6.06. The molecule has 1 aromatic heterocycles. The Morgan fingerprint density at radius 3 is 2.34 bits per heavy atom. The van der Waals surface area contributed by atoms with E-state index in [-0.39, 0.29) is 11.5 Å². The van der Waals surface area contributed by atoms with E-state index in [1.54, 1.807) is 42.7 Å². The molecular weight excluding hydrogens is 438 g/mol. The summed E-state index contributed by atoms with van der Waals surface area (Å²) in [6.45, 7) is 4.99. The molecule has 0 fully saturated rings. The lowest BCUT2D eigenvalue weighted by Crippen LogP contribution is -2.34. The summed E-state index contributed by atoms with van der Waals surface area (Å²) in [5, 5.41) is 9.68. The van der Waals surface area contributed by atoms with Gasteiger partial charge in [-0.2, -0.15) is 0 Å². The summed E-state index contributed by atoms with van der Waals surface area (Å²) in [6.07, 6.45) is 8.60. The summed E-state index contributed by atoms with van der Waals surface area (Å²) in [7, 11) is 0. The Balaban J connectivity index is 1.74. The maximum Gasteiger partial charge on any atom is 0.335 e. The topological polar surface area (TPSA) is 73.7 Å². The van der Waals surface area contributed by atoms with Crippen molar-refractivity contribution in [3.05, 3.63) is 94.8 Å². The van der Waals surface area contributed by atoms with Crippen LogP contribution < -0.4 is 4.90 Å². The van der Waals surface area contributed by atoms with Crippen molar-refractivity contribution in [3.63, 3.8) is 0 Å². The van der Waals surface area contributed by atoms with Gasteiger partial charge in [-0.05, 0) is 73.3 Å². The van der Waals surface area contributed by atoms with E-state index in [0.29, 0.717) is 18.7 Å². The van der Waals surface area contributed by atoms with Crippen LogP contribution >= 0.6 is 0 Å². The molecule has 0 aliphatic carbocycles. The number of amides is 1. The SMILES string of the molecule is Cc1ccccc1CN1CCCCCCCN(C(=O)c2ccncc2)c2ccc(C(=O)O)cc2C1. The van der Waals surface area contributed by atoms with Gasteiger partial charge in [0.1, 0.15) is 0 Å². The van der Waals surface area contributed by atoms with Gasteiger partial charge in [-0.15, -0.1) is 0 Å². The highest BCUT2D eigenvalue weighted by atomic mass is 16.4. The standard InChI is InChI=1S/C29H33N3O3/c1-22-9-5-6-10-25(22)20-31-17-7-3-2-4-8-18-32(28(33)23-13-15-30-16-14-23)27-12-11-24(29(34)35)19-26(27)21-31/h5-6,9-16,19H,2-4,7-8,17-18,20-21H2,1H3,(H,34,35). The van der Waals surface area contributed by atoms with Gasteiger partial charge in [-0.3, -0.25) is 14.7 Å². The number of aromatic nitrogens is 1. The van der Waals surface area contributed by atoms with Gasteiger partial charge in [-0.1, -0.05) is 43.5 Å². The van der Waals surface area contributed by atoms with Crippen molar-refractivity contribution in [1.82, 2.24) is 9.88 Å². The summed E-state index contributed by atoms with van der Waals surface area (Å²) >= 11 is 0. The van der Waals surface area contributed by atoms with E-state index in [2.05, 4.69) is 35.0 Å². The molecule has 2 heterocycles. The molecule has 1 aliphatic rings. The number of aryl methyl sites for hydroxylation is 1. The number of carbonyl (C=O) groups is 2. The third kappa shape index (κ3) is 6.34. The number of carboxylic acids is 1. The molecule has 0 atom stereocenters. The zero-order chi connectivity index (χ0) is 24.6. The van der Waals surface area contributed by atoms with Crippen LogP contribution in [0.15, 0.2) is 67.0 Å². The molecule has 1 amide bonds. The van der Waals surface area contributed by atoms with E-state index in [1.807, 2.05) is 11.0 Å². The number of benzene rings is 2. The number of carbonyl (C=O) groups excluding carboxylic acids is 1. The first-order valence-corrected chi connectivity index (χ1v) is 12.4. The molecule has 1 aliphatic heterocycles. The minimum Gasteiger partial charge on any atom is -0.478 e. The van der Waals surface area contributed by atoms with Gasteiger partial charge in [-0.25, -0.2) is 4.79 Å². The third-order valence-corrected chi connectivity index (χ3v) is 6.69. The zero-order valence-corrected chi connectivity index (χ0v) is 20.3. The zero-order valence-electron chi connectivity index (χ0n) is 20.3. The molecule has 3 aromatic rings. The van der Waals surface area contributed by atoms with Crippen LogP contribution in [0.25, 0.3) is 0 Å². The first kappa shape index (κ1) is 24.6. The number of anilines is 1. The Morgan fingerprint density at radius 1 is 0.886 bits per heavy atom. The number of pyridine rings is 1. The molecule has 0 unspecified atom stereocenters. The van der Waals surface area contributed by atoms with Crippen molar-refractivity contribution in [2.45, 2.75) is 52.1 Å². The Labute approximate surface area is 207 Å². The van der Waals surface area contributed by atoms with Gasteiger partial charge in [0.2, 0.25) is 0 Å². The second kappa shape index (κ2) is 11.8. The van der Waals surface area contributed by atoms with Gasteiger partial charge in [0.05, 0.1) is 5.56 Å². The Kier molecular flexibility index (Phi) is 8.27. The maximum absolute atomic E-state index is 13.6. The summed E-state index contributed by atoms with van der Waals surface area (Å²) in [5.41, 5.74) is 4.97. The Bertz CT molecular complexity index is 1160. The molecule has 6 heteroatoms. The first-order valence-electron chi connectivity index (χ1n) is 12.4. The van der Waals surface area contributed by atoms with Crippen LogP contribution in [-0.2, 0) is 13.1 Å². The smallest absolute Gasteiger partial charge is 0.335 e. The lowest BCUT2D eigenvalue weighted by molar-refractivity contribution is 0.0696. The molecule has 35 heavy (non-hydrogen) atoms. The summed E-state index contributed by atoms with van der Waals surface area (Å²) < 4.78 is 0. The number of fused-ring (bicyclic) bond motifs is 1. The van der Waals surface area contributed by atoms with Gasteiger partial charge in [0.15, 0.2) is 0 Å². The quantitative estimate of drug-likeness (QED) is 0.528. The van der Waals surface area contributed by atoms with Crippen molar-refractivity contribution in [2.24, 2.45) is 0 Å². The van der Waals surface area contributed by atoms with Crippen molar-refractivity contribution in [3.8, 4) is 0 Å². The second-order valence-corrected chi connectivity index (χ2v) is 9.25. The number of hydrogen-bond acceptors (Lipinski definition) is 4. The molecule has 0 spiro atoms. The average molecular weight is 472 g/mol. The fourth-order valence-corrected chi connectivity index (χ4v) is 4.71. The predicted molar refractivity (Wildman–Crippen MR) is 138 cm³/mol. The number of carboxylic acid groups (broad SMARTS) is 1. The highest BCUT2D eigenvalue weighted by Crippen LogP contribution is 2.28. The molecule has 2 aromatic carbocycles. The van der Waals surface area contributed by atoms with E-state index < -0.39 is 5.97 Å². The molecule has 0 saturated heterocycles. The molecule has 0 bridgehead atoms. The van der Waals surface area contributed by atoms with Crippen molar-refractivity contribution in [2.75, 3.05) is 18.0 Å². The van der Waals surface area contributed by atoms with E-state index in [0.717, 1.165) is 56.4 Å². The van der Waals surface area contributed by atoms with Crippen LogP contribution in [0.4, 0.5) is 5.69 Å². The number of rotatable bonds is 4. The van der Waals surface area contributed by atoms with Crippen LogP contribution in [0.5, 0.6) is 0 Å². The maximum atomic E-state index is 13.6. The Hall–Kier alpha value is -3.51. The van der Waals surface area contributed by atoms with E-state index in [9.17, 15) is 14.7 Å². The summed E-state index contributed by atoms with van der Waals surface area (Å²) in [6, 6.07) is 17.0. The van der Waals surface area contributed by atoms with E-state index >= 15 is 0 Å². The summed E-state index contributed by atoms with van der Waals surface area (Å²) in [4.78, 5) is 33.6. The van der Waals surface area contributed by atoms with Crippen LogP contribution in [0.2, 0.25) is 0 Å². The normalized spacial score (nSPS) is 15.5. The van der Waals surface area contributed by atoms with Crippen LogP contribution in [-0.4, -0.2) is 40.0 Å². The number of hydrogen-bond donors (Lipinski definition) is 1. The molecule has 6 nitrogen and oxygen atoms in total. The molecule has 182 valence electrons. The van der Waals surface area contributed by atoms with E-state index in [1.165, 1.54) is 11.1 Å². The van der Waals surface area contributed by atoms with Gasteiger partial charge < -0.3 is 10.0 Å². The highest BCUT2D eigenvalue weighted by Gasteiger charge is 2.23. The number of aromatic carboxylic acids is 1. The average Bonchev–Trinajstić information content (AvgIpc) is 2.86. The van der Waals surface area contributed by atoms with Gasteiger partial charge >= 0.3 is 5.97 Å². The first-order chi connectivity index (χ1) is 17.0.